The van der Waals surface area contributed by atoms with Crippen molar-refractivity contribution < 1.29 is 13.9 Å². The predicted molar refractivity (Wildman–Crippen MR) is 62.9 cm³/mol. The molecule has 3 nitrogen and oxygen atoms in total. The molecular weight excluding hydrogens is 204 g/mol. The van der Waals surface area contributed by atoms with E-state index >= 15 is 0 Å². The Morgan fingerprint density at radius 3 is 2.81 bits per heavy atom. The largest absolute Gasteiger partial charge is 0.465 e. The SMILES string of the molecule is CCCCC(CC)COc1ccc(C=O)o1. The number of aldehydes is 1. The van der Waals surface area contributed by atoms with E-state index in [1.165, 1.54) is 19.3 Å². The minimum absolute atomic E-state index is 0.316. The van der Waals surface area contributed by atoms with E-state index in [1.54, 1.807) is 12.1 Å². The van der Waals surface area contributed by atoms with Gasteiger partial charge in [-0.25, -0.2) is 0 Å². The van der Waals surface area contributed by atoms with Crippen molar-refractivity contribution >= 4 is 6.29 Å². The van der Waals surface area contributed by atoms with E-state index < -0.39 is 0 Å². The Morgan fingerprint density at radius 1 is 1.44 bits per heavy atom. The Balaban J connectivity index is 2.33. The third kappa shape index (κ3) is 4.09. The molecule has 0 aliphatic rings. The quantitative estimate of drug-likeness (QED) is 0.632. The Bertz CT molecular complexity index is 304. The second kappa shape index (κ2) is 7.09. The molecular formula is C13H20O3. The number of rotatable bonds is 8. The van der Waals surface area contributed by atoms with Crippen LogP contribution in [0.15, 0.2) is 16.5 Å². The van der Waals surface area contributed by atoms with Crippen LogP contribution in [-0.2, 0) is 0 Å². The fourth-order valence-corrected chi connectivity index (χ4v) is 1.57. The number of furan rings is 1. The summed E-state index contributed by atoms with van der Waals surface area (Å²) in [5, 5.41) is 0. The second-order valence-corrected chi connectivity index (χ2v) is 4.00. The minimum Gasteiger partial charge on any atom is -0.465 e. The molecule has 1 heterocycles. The average Bonchev–Trinajstić information content (AvgIpc) is 2.77. The van der Waals surface area contributed by atoms with E-state index in [1.807, 2.05) is 0 Å². The number of ether oxygens (including phenoxy) is 1. The molecule has 0 saturated carbocycles. The first-order chi connectivity index (χ1) is 7.80. The Kier molecular flexibility index (Phi) is 5.68. The van der Waals surface area contributed by atoms with Crippen molar-refractivity contribution in [1.82, 2.24) is 0 Å². The van der Waals surface area contributed by atoms with Gasteiger partial charge in [0.05, 0.1) is 6.61 Å². The zero-order valence-electron chi connectivity index (χ0n) is 10.1. The van der Waals surface area contributed by atoms with Crippen molar-refractivity contribution in [3.8, 4) is 5.95 Å². The van der Waals surface area contributed by atoms with Crippen molar-refractivity contribution in [2.24, 2.45) is 5.92 Å². The molecule has 0 amide bonds. The van der Waals surface area contributed by atoms with E-state index in [9.17, 15) is 4.79 Å². The highest BCUT2D eigenvalue weighted by Gasteiger charge is 2.08. The van der Waals surface area contributed by atoms with Gasteiger partial charge in [0.15, 0.2) is 12.0 Å². The van der Waals surface area contributed by atoms with E-state index in [4.69, 9.17) is 9.15 Å². The summed E-state index contributed by atoms with van der Waals surface area (Å²) in [5.74, 6) is 1.33. The topological polar surface area (TPSA) is 39.4 Å². The van der Waals surface area contributed by atoms with Crippen molar-refractivity contribution in [3.05, 3.63) is 17.9 Å². The molecule has 1 aromatic rings. The summed E-state index contributed by atoms with van der Waals surface area (Å²) in [4.78, 5) is 10.4. The van der Waals surface area contributed by atoms with Crippen molar-refractivity contribution in [2.45, 2.75) is 39.5 Å². The first-order valence-corrected chi connectivity index (χ1v) is 5.98. The maximum absolute atomic E-state index is 10.4. The summed E-state index contributed by atoms with van der Waals surface area (Å²) in [7, 11) is 0. The third-order valence-corrected chi connectivity index (χ3v) is 2.72. The second-order valence-electron chi connectivity index (χ2n) is 4.00. The fraction of sp³-hybridized carbons (Fsp3) is 0.615. The van der Waals surface area contributed by atoms with Crippen molar-refractivity contribution in [3.63, 3.8) is 0 Å². The first kappa shape index (κ1) is 12.8. The van der Waals surface area contributed by atoms with Gasteiger partial charge in [-0.2, -0.15) is 0 Å². The maximum atomic E-state index is 10.4. The van der Waals surface area contributed by atoms with E-state index in [2.05, 4.69) is 13.8 Å². The molecule has 0 bridgehead atoms. The lowest BCUT2D eigenvalue weighted by molar-refractivity contribution is 0.108. The van der Waals surface area contributed by atoms with Gasteiger partial charge in [0.2, 0.25) is 0 Å². The zero-order valence-corrected chi connectivity index (χ0v) is 10.1. The molecule has 1 atom stereocenters. The average molecular weight is 224 g/mol. The van der Waals surface area contributed by atoms with Crippen LogP contribution in [0.25, 0.3) is 0 Å². The summed E-state index contributed by atoms with van der Waals surface area (Å²) < 4.78 is 10.7. The van der Waals surface area contributed by atoms with Crippen LogP contribution < -0.4 is 4.74 Å². The lowest BCUT2D eigenvalue weighted by Gasteiger charge is -2.13. The van der Waals surface area contributed by atoms with Gasteiger partial charge in [-0.3, -0.25) is 4.79 Å². The smallest absolute Gasteiger partial charge is 0.284 e. The molecule has 0 spiro atoms. The monoisotopic (exact) mass is 224 g/mol. The van der Waals surface area contributed by atoms with Gasteiger partial charge in [0.25, 0.3) is 5.95 Å². The van der Waals surface area contributed by atoms with E-state index in [0.717, 1.165) is 6.42 Å². The number of unbranched alkanes of at least 4 members (excludes halogenated alkanes) is 1. The summed E-state index contributed by atoms with van der Waals surface area (Å²) in [6.07, 6.45) is 5.43. The molecule has 3 heteroatoms. The zero-order chi connectivity index (χ0) is 11.8. The van der Waals surface area contributed by atoms with Gasteiger partial charge in [-0.15, -0.1) is 0 Å². The van der Waals surface area contributed by atoms with Crippen LogP contribution in [0.2, 0.25) is 0 Å². The van der Waals surface area contributed by atoms with Crippen LogP contribution >= 0.6 is 0 Å². The third-order valence-electron chi connectivity index (χ3n) is 2.72. The number of carbonyl (C=O) groups is 1. The molecule has 90 valence electrons. The first-order valence-electron chi connectivity index (χ1n) is 5.98. The summed E-state index contributed by atoms with van der Waals surface area (Å²) in [6, 6.07) is 3.31. The molecule has 0 aromatic carbocycles. The normalized spacial score (nSPS) is 12.4. The molecule has 16 heavy (non-hydrogen) atoms. The van der Waals surface area contributed by atoms with Gasteiger partial charge in [-0.05, 0) is 18.4 Å². The highest BCUT2D eigenvalue weighted by atomic mass is 16.6. The molecule has 0 radical (unpaired) electrons. The molecule has 1 rings (SSSR count). The lowest BCUT2D eigenvalue weighted by Crippen LogP contribution is -2.10. The number of hydrogen-bond donors (Lipinski definition) is 0. The molecule has 0 N–H and O–H groups in total. The van der Waals surface area contributed by atoms with E-state index in [0.29, 0.717) is 30.5 Å². The molecule has 1 aromatic heterocycles. The van der Waals surface area contributed by atoms with Crippen molar-refractivity contribution in [1.29, 1.82) is 0 Å². The Hall–Kier alpha value is -1.25. The number of hydrogen-bond acceptors (Lipinski definition) is 3. The lowest BCUT2D eigenvalue weighted by atomic mass is 10.0. The number of carbonyl (C=O) groups excluding carboxylic acids is 1. The highest BCUT2D eigenvalue weighted by Crippen LogP contribution is 2.18. The van der Waals surface area contributed by atoms with Gasteiger partial charge in [-0.1, -0.05) is 33.1 Å². The summed E-state index contributed by atoms with van der Waals surface area (Å²) in [6.45, 7) is 5.03. The molecule has 1 unspecified atom stereocenters. The van der Waals surface area contributed by atoms with Crippen LogP contribution in [0.3, 0.4) is 0 Å². The highest BCUT2D eigenvalue weighted by molar-refractivity contribution is 5.70. The molecule has 0 aliphatic carbocycles. The summed E-state index contributed by atoms with van der Waals surface area (Å²) >= 11 is 0. The molecule has 0 aliphatic heterocycles. The van der Waals surface area contributed by atoms with Crippen LogP contribution in [0.4, 0.5) is 0 Å². The molecule has 0 saturated heterocycles. The Morgan fingerprint density at radius 2 is 2.25 bits per heavy atom. The fourth-order valence-electron chi connectivity index (χ4n) is 1.57. The minimum atomic E-state index is 0.316. The maximum Gasteiger partial charge on any atom is 0.284 e. The van der Waals surface area contributed by atoms with Crippen LogP contribution in [-0.4, -0.2) is 12.9 Å². The summed E-state index contributed by atoms with van der Waals surface area (Å²) in [5.41, 5.74) is 0. The van der Waals surface area contributed by atoms with Crippen LogP contribution in [0.5, 0.6) is 5.95 Å². The van der Waals surface area contributed by atoms with Crippen LogP contribution in [0.1, 0.15) is 50.1 Å². The predicted octanol–water partition coefficient (Wildman–Crippen LogP) is 3.69. The van der Waals surface area contributed by atoms with Crippen molar-refractivity contribution in [2.75, 3.05) is 6.61 Å². The van der Waals surface area contributed by atoms with Gasteiger partial charge in [0.1, 0.15) is 0 Å². The Labute approximate surface area is 96.8 Å². The standard InChI is InChI=1S/C13H20O3/c1-3-5-6-11(4-2)10-15-13-8-7-12(9-14)16-13/h7-9,11H,3-6,10H2,1-2H3. The van der Waals surface area contributed by atoms with Gasteiger partial charge < -0.3 is 9.15 Å². The van der Waals surface area contributed by atoms with Gasteiger partial charge in [0, 0.05) is 6.07 Å². The van der Waals surface area contributed by atoms with Crippen LogP contribution in [0, 0.1) is 5.92 Å². The van der Waals surface area contributed by atoms with E-state index in [-0.39, 0.29) is 0 Å². The van der Waals surface area contributed by atoms with Gasteiger partial charge >= 0.3 is 0 Å². The molecule has 0 fully saturated rings.